The first-order valence-electron chi connectivity index (χ1n) is 9.43. The third-order valence-electron chi connectivity index (χ3n) is 5.62. The number of hydrogen-bond donors (Lipinski definition) is 1. The monoisotopic (exact) mass is 377 g/mol. The van der Waals surface area contributed by atoms with Crippen LogP contribution in [0.1, 0.15) is 42.2 Å². The van der Waals surface area contributed by atoms with Crippen LogP contribution < -0.4 is 14.8 Å². The number of methoxy groups -OCH3 is 2. The van der Waals surface area contributed by atoms with Crippen molar-refractivity contribution in [3.05, 3.63) is 70.9 Å². The predicted octanol–water partition coefficient (Wildman–Crippen LogP) is 3.71. The third-order valence-corrected chi connectivity index (χ3v) is 5.62. The molecule has 0 bridgehead atoms. The van der Waals surface area contributed by atoms with Crippen LogP contribution in [0.25, 0.3) is 0 Å². The maximum absolute atomic E-state index is 13.1. The van der Waals surface area contributed by atoms with Crippen molar-refractivity contribution in [2.24, 2.45) is 0 Å². The van der Waals surface area contributed by atoms with Gasteiger partial charge in [-0.1, -0.05) is 24.3 Å². The highest BCUT2D eigenvalue weighted by atomic mass is 16.5. The molecule has 1 aliphatic carbocycles. The molecule has 0 spiro atoms. The Labute approximate surface area is 164 Å². The summed E-state index contributed by atoms with van der Waals surface area (Å²) in [5, 5.41) is 2.96. The lowest BCUT2D eigenvalue weighted by atomic mass is 9.73. The number of carbonyl (C=O) groups is 2. The quantitative estimate of drug-likeness (QED) is 0.882. The van der Waals surface area contributed by atoms with Crippen molar-refractivity contribution in [2.75, 3.05) is 14.2 Å². The average Bonchev–Trinajstić information content (AvgIpc) is 2.73. The number of carbonyl (C=O) groups excluding carboxylic acids is 2. The van der Waals surface area contributed by atoms with E-state index in [9.17, 15) is 9.59 Å². The van der Waals surface area contributed by atoms with Crippen molar-refractivity contribution in [2.45, 2.75) is 31.1 Å². The van der Waals surface area contributed by atoms with Gasteiger partial charge in [0, 0.05) is 30.0 Å². The van der Waals surface area contributed by atoms with Gasteiger partial charge in [0.1, 0.15) is 11.5 Å². The third kappa shape index (κ3) is 3.40. The number of benzene rings is 2. The van der Waals surface area contributed by atoms with Crippen LogP contribution in [0.2, 0.25) is 0 Å². The van der Waals surface area contributed by atoms with Gasteiger partial charge >= 0.3 is 0 Å². The van der Waals surface area contributed by atoms with E-state index in [1.54, 1.807) is 14.2 Å². The van der Waals surface area contributed by atoms with Crippen molar-refractivity contribution in [3.8, 4) is 11.5 Å². The smallest absolute Gasteiger partial charge is 0.225 e. The lowest BCUT2D eigenvalue weighted by molar-refractivity contribution is -0.122. The Morgan fingerprint density at radius 3 is 2.32 bits per heavy atom. The molecule has 0 radical (unpaired) electrons. The summed E-state index contributed by atoms with van der Waals surface area (Å²) >= 11 is 0. The highest BCUT2D eigenvalue weighted by molar-refractivity contribution is 6.02. The minimum atomic E-state index is -0.219. The minimum Gasteiger partial charge on any atom is -0.497 e. The summed E-state index contributed by atoms with van der Waals surface area (Å²) in [5.41, 5.74) is 3.54. The van der Waals surface area contributed by atoms with Gasteiger partial charge in [0.25, 0.3) is 0 Å². The number of ketones is 1. The maximum atomic E-state index is 13.1. The number of allylic oxidation sites excluding steroid dienone is 2. The number of hydrogen-bond acceptors (Lipinski definition) is 4. The predicted molar refractivity (Wildman–Crippen MR) is 105 cm³/mol. The van der Waals surface area contributed by atoms with Crippen molar-refractivity contribution in [1.82, 2.24) is 5.32 Å². The van der Waals surface area contributed by atoms with E-state index in [1.165, 1.54) is 0 Å². The zero-order chi connectivity index (χ0) is 19.7. The SMILES string of the molecule is COc1ccc([C@H]2CC(=O)C3=C(C2)NC(=O)C[C@@H]3c2cccc(OC)c2)cc1. The number of nitrogens with one attached hydrogen (secondary N) is 1. The van der Waals surface area contributed by atoms with Crippen LogP contribution in [-0.2, 0) is 9.59 Å². The molecule has 0 saturated heterocycles. The van der Waals surface area contributed by atoms with E-state index in [-0.39, 0.29) is 29.9 Å². The Hall–Kier alpha value is -3.08. The summed E-state index contributed by atoms with van der Waals surface area (Å²) in [7, 11) is 3.25. The maximum Gasteiger partial charge on any atom is 0.225 e. The first kappa shape index (κ1) is 18.3. The summed E-state index contributed by atoms with van der Waals surface area (Å²) in [6.07, 6.45) is 1.38. The molecule has 5 nitrogen and oxygen atoms in total. The van der Waals surface area contributed by atoms with Crippen LogP contribution in [0.5, 0.6) is 11.5 Å². The number of rotatable bonds is 4. The minimum absolute atomic E-state index is 0.0465. The van der Waals surface area contributed by atoms with E-state index in [4.69, 9.17) is 9.47 Å². The summed E-state index contributed by atoms with van der Waals surface area (Å²) in [6.45, 7) is 0. The molecular formula is C23H23NO4. The largest absolute Gasteiger partial charge is 0.497 e. The summed E-state index contributed by atoms with van der Waals surface area (Å²) in [6, 6.07) is 15.4. The molecule has 1 N–H and O–H groups in total. The van der Waals surface area contributed by atoms with E-state index in [2.05, 4.69) is 5.32 Å². The molecule has 2 aromatic rings. The van der Waals surface area contributed by atoms with Gasteiger partial charge in [0.2, 0.25) is 5.91 Å². The highest BCUT2D eigenvalue weighted by Gasteiger charge is 2.38. The molecule has 1 aliphatic heterocycles. The van der Waals surface area contributed by atoms with Gasteiger partial charge in [-0.25, -0.2) is 0 Å². The Morgan fingerprint density at radius 1 is 0.857 bits per heavy atom. The van der Waals surface area contributed by atoms with Crippen molar-refractivity contribution in [1.29, 1.82) is 0 Å². The van der Waals surface area contributed by atoms with Gasteiger partial charge in [-0.3, -0.25) is 9.59 Å². The fourth-order valence-electron chi connectivity index (χ4n) is 4.21. The second-order valence-corrected chi connectivity index (χ2v) is 7.28. The van der Waals surface area contributed by atoms with Gasteiger partial charge in [0.05, 0.1) is 14.2 Å². The Balaban J connectivity index is 1.68. The van der Waals surface area contributed by atoms with Crippen molar-refractivity contribution < 1.29 is 19.1 Å². The van der Waals surface area contributed by atoms with Crippen LogP contribution in [0.4, 0.5) is 0 Å². The summed E-state index contributed by atoms with van der Waals surface area (Å²) in [5.74, 6) is 1.41. The van der Waals surface area contributed by atoms with Crippen LogP contribution >= 0.6 is 0 Å². The van der Waals surface area contributed by atoms with Gasteiger partial charge in [-0.05, 0) is 47.7 Å². The molecule has 2 aliphatic rings. The van der Waals surface area contributed by atoms with Crippen LogP contribution in [0.15, 0.2) is 59.8 Å². The molecule has 0 saturated carbocycles. The van der Waals surface area contributed by atoms with Crippen LogP contribution in [0, 0.1) is 0 Å². The number of Topliss-reactive ketones (excluding diaryl/α,β-unsaturated/α-hetero) is 1. The molecular weight excluding hydrogens is 354 g/mol. The fraction of sp³-hybridized carbons (Fsp3) is 0.304. The van der Waals surface area contributed by atoms with E-state index in [0.29, 0.717) is 12.8 Å². The molecule has 0 fully saturated rings. The lowest BCUT2D eigenvalue weighted by Crippen LogP contribution is -2.38. The molecule has 2 atom stereocenters. The Kier molecular flexibility index (Phi) is 4.90. The van der Waals surface area contributed by atoms with Crippen molar-refractivity contribution >= 4 is 11.7 Å². The fourth-order valence-corrected chi connectivity index (χ4v) is 4.21. The highest BCUT2D eigenvalue weighted by Crippen LogP contribution is 2.43. The van der Waals surface area contributed by atoms with E-state index >= 15 is 0 Å². The lowest BCUT2D eigenvalue weighted by Gasteiger charge is -2.34. The molecule has 4 rings (SSSR count). The van der Waals surface area contributed by atoms with Gasteiger partial charge in [0.15, 0.2) is 5.78 Å². The zero-order valence-corrected chi connectivity index (χ0v) is 16.0. The molecule has 5 heteroatoms. The topological polar surface area (TPSA) is 64.6 Å². The second kappa shape index (κ2) is 7.50. The standard InChI is InChI=1S/C23H23NO4/c1-27-17-8-6-14(7-9-17)16-11-20-23(21(25)12-16)19(13-22(26)24-20)15-4-3-5-18(10-15)28-2/h3-10,16,19H,11-13H2,1-2H3,(H,24,26)/t16-,19-/m1/s1. The summed E-state index contributed by atoms with van der Waals surface area (Å²) in [4.78, 5) is 25.5. The molecule has 0 unspecified atom stereocenters. The van der Waals surface area contributed by atoms with Gasteiger partial charge in [-0.15, -0.1) is 0 Å². The molecule has 1 amide bonds. The van der Waals surface area contributed by atoms with Crippen LogP contribution in [-0.4, -0.2) is 25.9 Å². The van der Waals surface area contributed by atoms with E-state index < -0.39 is 0 Å². The number of ether oxygens (including phenoxy) is 2. The van der Waals surface area contributed by atoms with E-state index in [0.717, 1.165) is 33.9 Å². The summed E-state index contributed by atoms with van der Waals surface area (Å²) < 4.78 is 10.5. The van der Waals surface area contributed by atoms with Gasteiger partial charge in [-0.2, -0.15) is 0 Å². The average molecular weight is 377 g/mol. The molecule has 1 heterocycles. The van der Waals surface area contributed by atoms with Crippen molar-refractivity contribution in [3.63, 3.8) is 0 Å². The first-order valence-corrected chi connectivity index (χ1v) is 9.43. The molecule has 2 aromatic carbocycles. The Bertz CT molecular complexity index is 945. The van der Waals surface area contributed by atoms with Gasteiger partial charge < -0.3 is 14.8 Å². The van der Waals surface area contributed by atoms with Crippen LogP contribution in [0.3, 0.4) is 0 Å². The first-order chi connectivity index (χ1) is 13.6. The normalized spacial score (nSPS) is 21.8. The van der Waals surface area contributed by atoms with E-state index in [1.807, 2.05) is 48.5 Å². The second-order valence-electron chi connectivity index (χ2n) is 7.28. The molecule has 0 aromatic heterocycles. The molecule has 144 valence electrons. The molecule has 28 heavy (non-hydrogen) atoms. The number of amides is 1. The zero-order valence-electron chi connectivity index (χ0n) is 16.0. The Morgan fingerprint density at radius 2 is 1.61 bits per heavy atom.